The van der Waals surface area contributed by atoms with Crippen molar-refractivity contribution in [2.75, 3.05) is 13.7 Å². The van der Waals surface area contributed by atoms with Crippen LogP contribution in [0.1, 0.15) is 63.5 Å². The molecule has 2 nitrogen and oxygen atoms in total. The van der Waals surface area contributed by atoms with Gasteiger partial charge in [-0.2, -0.15) is 0 Å². The smallest absolute Gasteiger partial charge is 0.165 e. The minimum absolute atomic E-state index is 0.284. The second kappa shape index (κ2) is 8.38. The molecule has 1 N–H and O–H groups in total. The van der Waals surface area contributed by atoms with Gasteiger partial charge in [-0.3, -0.25) is 0 Å². The second-order valence-electron chi connectivity index (χ2n) is 6.14. The third kappa shape index (κ3) is 4.70. The van der Waals surface area contributed by atoms with Crippen LogP contribution in [0.5, 0.6) is 5.75 Å². The molecule has 1 aliphatic carbocycles. The van der Waals surface area contributed by atoms with Crippen LogP contribution in [0.2, 0.25) is 0 Å². The van der Waals surface area contributed by atoms with Crippen LogP contribution in [0.3, 0.4) is 0 Å². The lowest BCUT2D eigenvalue weighted by Crippen LogP contribution is -2.25. The first-order chi connectivity index (χ1) is 10.2. The van der Waals surface area contributed by atoms with Gasteiger partial charge in [-0.15, -0.1) is 0 Å². The van der Waals surface area contributed by atoms with E-state index in [1.807, 2.05) is 12.1 Å². The highest BCUT2D eigenvalue weighted by Gasteiger charge is 2.20. The third-order valence-corrected chi connectivity index (χ3v) is 4.51. The number of ether oxygens (including phenoxy) is 1. The van der Waals surface area contributed by atoms with Crippen molar-refractivity contribution in [3.05, 3.63) is 29.6 Å². The Morgan fingerprint density at radius 3 is 2.71 bits per heavy atom. The molecule has 2 rings (SSSR count). The predicted octanol–water partition coefficient (Wildman–Crippen LogP) is 4.85. The predicted molar refractivity (Wildman–Crippen MR) is 85.2 cm³/mol. The van der Waals surface area contributed by atoms with Crippen molar-refractivity contribution in [2.24, 2.45) is 5.92 Å². The van der Waals surface area contributed by atoms with Crippen molar-refractivity contribution in [3.63, 3.8) is 0 Å². The maximum atomic E-state index is 13.6. The molecule has 1 unspecified atom stereocenters. The number of rotatable bonds is 7. The highest BCUT2D eigenvalue weighted by atomic mass is 19.1. The van der Waals surface area contributed by atoms with Crippen LogP contribution in [0, 0.1) is 11.7 Å². The quantitative estimate of drug-likeness (QED) is 0.776. The minimum atomic E-state index is -0.284. The average Bonchev–Trinajstić information content (AvgIpc) is 2.53. The van der Waals surface area contributed by atoms with Gasteiger partial charge in [0.05, 0.1) is 7.11 Å². The lowest BCUT2D eigenvalue weighted by molar-refractivity contribution is 0.299. The van der Waals surface area contributed by atoms with Crippen LogP contribution in [0.15, 0.2) is 18.2 Å². The first kappa shape index (κ1) is 16.3. The summed E-state index contributed by atoms with van der Waals surface area (Å²) in [5.41, 5.74) is 1.15. The van der Waals surface area contributed by atoms with Crippen LogP contribution in [0.4, 0.5) is 4.39 Å². The zero-order chi connectivity index (χ0) is 15.1. The van der Waals surface area contributed by atoms with Crippen molar-refractivity contribution in [1.82, 2.24) is 5.32 Å². The summed E-state index contributed by atoms with van der Waals surface area (Å²) in [5.74, 6) is 0.858. The molecule has 0 amide bonds. The summed E-state index contributed by atoms with van der Waals surface area (Å²) in [6.07, 6.45) is 9.03. The molecule has 0 aliphatic heterocycles. The number of nitrogens with one attached hydrogen (secondary N) is 1. The summed E-state index contributed by atoms with van der Waals surface area (Å²) in [5, 5.41) is 3.63. The third-order valence-electron chi connectivity index (χ3n) is 4.51. The Morgan fingerprint density at radius 2 is 2.05 bits per heavy atom. The number of hydrogen-bond acceptors (Lipinski definition) is 2. The van der Waals surface area contributed by atoms with E-state index in [4.69, 9.17) is 4.74 Å². The molecule has 118 valence electrons. The van der Waals surface area contributed by atoms with Crippen LogP contribution >= 0.6 is 0 Å². The van der Waals surface area contributed by atoms with E-state index >= 15 is 0 Å². The fourth-order valence-corrected chi connectivity index (χ4v) is 3.31. The first-order valence-electron chi connectivity index (χ1n) is 8.31. The van der Waals surface area contributed by atoms with Crippen LogP contribution in [-0.2, 0) is 0 Å². The lowest BCUT2D eigenvalue weighted by atomic mass is 9.83. The van der Waals surface area contributed by atoms with Gasteiger partial charge in [0.15, 0.2) is 11.6 Å². The number of methoxy groups -OCH3 is 1. The fourth-order valence-electron chi connectivity index (χ4n) is 3.31. The van der Waals surface area contributed by atoms with Gasteiger partial charge in [-0.05, 0) is 43.0 Å². The monoisotopic (exact) mass is 293 g/mol. The standard InChI is InChI=1S/C18H28FNO/c1-3-11-20-17(12-14-7-5-4-6-8-14)15-9-10-16(19)18(13-15)21-2/h9-10,13-14,17,20H,3-8,11-12H2,1-2H3. The molecule has 0 radical (unpaired) electrons. The summed E-state index contributed by atoms with van der Waals surface area (Å²) in [6, 6.07) is 5.58. The van der Waals surface area contributed by atoms with E-state index in [1.165, 1.54) is 45.3 Å². The molecule has 21 heavy (non-hydrogen) atoms. The van der Waals surface area contributed by atoms with E-state index in [9.17, 15) is 4.39 Å². The van der Waals surface area contributed by atoms with Gasteiger partial charge in [0.2, 0.25) is 0 Å². The van der Waals surface area contributed by atoms with Crippen molar-refractivity contribution in [2.45, 2.75) is 57.9 Å². The average molecular weight is 293 g/mol. The molecule has 0 heterocycles. The Morgan fingerprint density at radius 1 is 1.29 bits per heavy atom. The minimum Gasteiger partial charge on any atom is -0.494 e. The summed E-state index contributed by atoms with van der Waals surface area (Å²) in [7, 11) is 1.53. The molecular formula is C18H28FNO. The molecule has 1 atom stereocenters. The van der Waals surface area contributed by atoms with Gasteiger partial charge in [-0.1, -0.05) is 45.1 Å². The largest absolute Gasteiger partial charge is 0.494 e. The van der Waals surface area contributed by atoms with Gasteiger partial charge in [0.25, 0.3) is 0 Å². The van der Waals surface area contributed by atoms with E-state index < -0.39 is 0 Å². The maximum Gasteiger partial charge on any atom is 0.165 e. The Hall–Kier alpha value is -1.09. The van der Waals surface area contributed by atoms with Gasteiger partial charge >= 0.3 is 0 Å². The van der Waals surface area contributed by atoms with E-state index in [1.54, 1.807) is 0 Å². The lowest BCUT2D eigenvalue weighted by Gasteiger charge is -2.28. The molecule has 3 heteroatoms. The van der Waals surface area contributed by atoms with E-state index in [0.29, 0.717) is 11.8 Å². The zero-order valence-corrected chi connectivity index (χ0v) is 13.3. The summed E-state index contributed by atoms with van der Waals surface area (Å²) in [4.78, 5) is 0. The topological polar surface area (TPSA) is 21.3 Å². The summed E-state index contributed by atoms with van der Waals surface area (Å²) in [6.45, 7) is 3.17. The number of benzene rings is 1. The van der Waals surface area contributed by atoms with Gasteiger partial charge in [0.1, 0.15) is 0 Å². The van der Waals surface area contributed by atoms with E-state index in [2.05, 4.69) is 12.2 Å². The van der Waals surface area contributed by atoms with Crippen molar-refractivity contribution in [3.8, 4) is 5.75 Å². The Kier molecular flexibility index (Phi) is 6.50. The highest BCUT2D eigenvalue weighted by molar-refractivity contribution is 5.32. The van der Waals surface area contributed by atoms with Crippen molar-refractivity contribution >= 4 is 0 Å². The Balaban J connectivity index is 2.10. The van der Waals surface area contributed by atoms with Crippen LogP contribution in [-0.4, -0.2) is 13.7 Å². The molecule has 0 spiro atoms. The highest BCUT2D eigenvalue weighted by Crippen LogP contribution is 2.33. The van der Waals surface area contributed by atoms with E-state index in [0.717, 1.165) is 30.9 Å². The first-order valence-corrected chi connectivity index (χ1v) is 8.31. The summed E-state index contributed by atoms with van der Waals surface area (Å²) < 4.78 is 18.7. The van der Waals surface area contributed by atoms with Gasteiger partial charge in [0, 0.05) is 6.04 Å². The van der Waals surface area contributed by atoms with Gasteiger partial charge < -0.3 is 10.1 Å². The zero-order valence-electron chi connectivity index (χ0n) is 13.3. The molecule has 0 saturated heterocycles. The van der Waals surface area contributed by atoms with Crippen molar-refractivity contribution < 1.29 is 9.13 Å². The Bertz CT molecular complexity index is 429. The molecule has 1 aromatic rings. The van der Waals surface area contributed by atoms with Crippen molar-refractivity contribution in [1.29, 1.82) is 0 Å². The van der Waals surface area contributed by atoms with Crippen LogP contribution < -0.4 is 10.1 Å². The molecule has 0 bridgehead atoms. The molecule has 0 aromatic heterocycles. The molecule has 1 fully saturated rings. The normalized spacial score (nSPS) is 17.7. The fraction of sp³-hybridized carbons (Fsp3) is 0.667. The Labute approximate surface area is 128 Å². The number of halogens is 1. The van der Waals surface area contributed by atoms with E-state index in [-0.39, 0.29) is 5.82 Å². The summed E-state index contributed by atoms with van der Waals surface area (Å²) >= 11 is 0. The molecule has 1 saturated carbocycles. The molecular weight excluding hydrogens is 265 g/mol. The second-order valence-corrected chi connectivity index (χ2v) is 6.14. The SMILES string of the molecule is CCCNC(CC1CCCCC1)c1ccc(F)c(OC)c1. The molecule has 1 aromatic carbocycles. The van der Waals surface area contributed by atoms with Gasteiger partial charge in [-0.25, -0.2) is 4.39 Å². The maximum absolute atomic E-state index is 13.6. The number of hydrogen-bond donors (Lipinski definition) is 1. The van der Waals surface area contributed by atoms with Crippen LogP contribution in [0.25, 0.3) is 0 Å². The molecule has 1 aliphatic rings.